The van der Waals surface area contributed by atoms with Crippen molar-refractivity contribution in [2.45, 2.75) is 0 Å². The van der Waals surface area contributed by atoms with Crippen LogP contribution < -0.4 is 5.43 Å². The van der Waals surface area contributed by atoms with Crippen LogP contribution in [0.4, 0.5) is 0 Å². The Morgan fingerprint density at radius 3 is 2.67 bits per heavy atom. The van der Waals surface area contributed by atoms with Crippen molar-refractivity contribution in [3.63, 3.8) is 0 Å². The minimum absolute atomic E-state index is 0.456. The quantitative estimate of drug-likeness (QED) is 0.288. The van der Waals surface area contributed by atoms with Crippen molar-refractivity contribution >= 4 is 12.1 Å². The van der Waals surface area contributed by atoms with Crippen molar-refractivity contribution in [2.24, 2.45) is 5.16 Å². The third-order valence-electron chi connectivity index (χ3n) is 0.509. The van der Waals surface area contributed by atoms with E-state index in [0.717, 1.165) is 6.21 Å². The van der Waals surface area contributed by atoms with Gasteiger partial charge in [0.05, 0.1) is 0 Å². The van der Waals surface area contributed by atoms with Crippen molar-refractivity contribution in [2.75, 3.05) is 14.1 Å². The van der Waals surface area contributed by atoms with E-state index < -0.39 is 5.91 Å². The molecule has 9 heavy (non-hydrogen) atoms. The van der Waals surface area contributed by atoms with Crippen LogP contribution >= 0.6 is 0 Å². The zero-order valence-electron chi connectivity index (χ0n) is 5.33. The van der Waals surface area contributed by atoms with E-state index in [2.05, 4.69) is 10.6 Å². The average molecular weight is 131 g/mol. The van der Waals surface area contributed by atoms with E-state index >= 15 is 0 Å². The predicted octanol–water partition coefficient (Wildman–Crippen LogP) is -0.961. The molecule has 5 nitrogen and oxygen atoms in total. The zero-order chi connectivity index (χ0) is 7.28. The normalized spacial score (nSPS) is 10.6. The smallest absolute Gasteiger partial charge is 0.280 e. The lowest BCUT2D eigenvalue weighted by molar-refractivity contribution is -0.117. The number of hydrazine groups is 1. The number of rotatable bonds is 2. The first-order valence-corrected chi connectivity index (χ1v) is 2.32. The standard InChI is InChI=1S/C4H9N3O2/c1-7(2)6-4(8)3-5-9/h3,9H,1-2H3,(H,6,8)/b5-3+. The Kier molecular flexibility index (Phi) is 3.38. The predicted molar refractivity (Wildman–Crippen MR) is 32.1 cm³/mol. The molecule has 0 aliphatic heterocycles. The third-order valence-corrected chi connectivity index (χ3v) is 0.509. The van der Waals surface area contributed by atoms with Crippen molar-refractivity contribution in [3.8, 4) is 0 Å². The lowest BCUT2D eigenvalue weighted by Crippen LogP contribution is -2.36. The number of hydrogen-bond donors (Lipinski definition) is 2. The van der Waals surface area contributed by atoms with Gasteiger partial charge in [-0.15, -0.1) is 0 Å². The molecular formula is C4H9N3O2. The number of amides is 1. The maximum atomic E-state index is 10.4. The molecule has 0 fully saturated rings. The summed E-state index contributed by atoms with van der Waals surface area (Å²) in [4.78, 5) is 10.4. The van der Waals surface area contributed by atoms with Crippen molar-refractivity contribution in [1.29, 1.82) is 0 Å². The van der Waals surface area contributed by atoms with Crippen molar-refractivity contribution in [1.82, 2.24) is 10.4 Å². The molecule has 0 aromatic carbocycles. The van der Waals surface area contributed by atoms with Crippen molar-refractivity contribution < 1.29 is 10.0 Å². The molecule has 1 amide bonds. The Bertz CT molecular complexity index is 121. The first kappa shape index (κ1) is 7.90. The minimum atomic E-state index is -0.456. The molecular weight excluding hydrogens is 122 g/mol. The van der Waals surface area contributed by atoms with E-state index in [1.54, 1.807) is 14.1 Å². The SMILES string of the molecule is CN(C)NC(=O)/C=N/O. The number of nitrogens with zero attached hydrogens (tertiary/aromatic N) is 2. The summed E-state index contributed by atoms with van der Waals surface area (Å²) in [6.45, 7) is 0. The van der Waals surface area contributed by atoms with Crippen LogP contribution in [0, 0.1) is 0 Å². The molecule has 0 atom stereocenters. The Labute approximate surface area is 52.9 Å². The Morgan fingerprint density at radius 2 is 2.33 bits per heavy atom. The first-order chi connectivity index (χ1) is 4.16. The fraction of sp³-hybridized carbons (Fsp3) is 0.500. The number of nitrogens with one attached hydrogen (secondary N) is 1. The van der Waals surface area contributed by atoms with E-state index in [0.29, 0.717) is 0 Å². The van der Waals surface area contributed by atoms with Crippen LogP contribution in [0.3, 0.4) is 0 Å². The van der Waals surface area contributed by atoms with E-state index in [1.165, 1.54) is 5.01 Å². The molecule has 0 heterocycles. The highest BCUT2D eigenvalue weighted by molar-refractivity contribution is 6.25. The van der Waals surface area contributed by atoms with Gasteiger partial charge in [-0.2, -0.15) is 0 Å². The molecule has 2 N–H and O–H groups in total. The molecule has 52 valence electrons. The second kappa shape index (κ2) is 3.85. The van der Waals surface area contributed by atoms with Gasteiger partial charge in [0, 0.05) is 14.1 Å². The Morgan fingerprint density at radius 1 is 1.78 bits per heavy atom. The van der Waals surface area contributed by atoms with Gasteiger partial charge in [-0.1, -0.05) is 5.16 Å². The van der Waals surface area contributed by atoms with Crippen molar-refractivity contribution in [3.05, 3.63) is 0 Å². The molecule has 0 rings (SSSR count). The van der Waals surface area contributed by atoms with Crippen LogP contribution in [-0.2, 0) is 4.79 Å². The molecule has 0 aliphatic carbocycles. The molecule has 0 aliphatic rings. The molecule has 0 saturated carbocycles. The average Bonchev–Trinajstić information content (AvgIpc) is 1.63. The van der Waals surface area contributed by atoms with Crippen LogP contribution in [0.25, 0.3) is 0 Å². The number of carbonyl (C=O) groups is 1. The van der Waals surface area contributed by atoms with Gasteiger partial charge in [0.1, 0.15) is 6.21 Å². The van der Waals surface area contributed by atoms with Gasteiger partial charge in [-0.05, 0) is 0 Å². The first-order valence-electron chi connectivity index (χ1n) is 2.32. The monoisotopic (exact) mass is 131 g/mol. The van der Waals surface area contributed by atoms with E-state index in [-0.39, 0.29) is 0 Å². The maximum Gasteiger partial charge on any atom is 0.280 e. The third kappa shape index (κ3) is 4.76. The van der Waals surface area contributed by atoms with Gasteiger partial charge >= 0.3 is 0 Å². The molecule has 0 spiro atoms. The molecule has 0 radical (unpaired) electrons. The van der Waals surface area contributed by atoms with Gasteiger partial charge in [0.25, 0.3) is 5.91 Å². The lowest BCUT2D eigenvalue weighted by atomic mass is 10.7. The Balaban J connectivity index is 3.51. The molecule has 0 bridgehead atoms. The summed E-state index contributed by atoms with van der Waals surface area (Å²) in [5.74, 6) is -0.456. The zero-order valence-corrected chi connectivity index (χ0v) is 5.33. The second-order valence-corrected chi connectivity index (χ2v) is 1.62. The number of oxime groups is 1. The van der Waals surface area contributed by atoms with Crippen LogP contribution in [0.2, 0.25) is 0 Å². The van der Waals surface area contributed by atoms with Crippen LogP contribution in [-0.4, -0.2) is 36.4 Å². The summed E-state index contributed by atoms with van der Waals surface area (Å²) in [5.41, 5.74) is 2.33. The second-order valence-electron chi connectivity index (χ2n) is 1.62. The highest BCUT2D eigenvalue weighted by Gasteiger charge is 1.94. The molecule has 5 heteroatoms. The van der Waals surface area contributed by atoms with E-state index in [9.17, 15) is 4.79 Å². The molecule has 0 saturated heterocycles. The van der Waals surface area contributed by atoms with Crippen LogP contribution in [0.5, 0.6) is 0 Å². The van der Waals surface area contributed by atoms with Gasteiger partial charge in [-0.3, -0.25) is 10.2 Å². The van der Waals surface area contributed by atoms with Gasteiger partial charge < -0.3 is 5.21 Å². The lowest BCUT2D eigenvalue weighted by Gasteiger charge is -2.07. The Hall–Kier alpha value is -1.10. The molecule has 0 aromatic rings. The number of hydrogen-bond acceptors (Lipinski definition) is 4. The summed E-state index contributed by atoms with van der Waals surface area (Å²) in [6, 6.07) is 0. The van der Waals surface area contributed by atoms with Crippen LogP contribution in [0.15, 0.2) is 5.16 Å². The number of carbonyl (C=O) groups excluding carboxylic acids is 1. The highest BCUT2D eigenvalue weighted by Crippen LogP contribution is 1.62. The van der Waals surface area contributed by atoms with Gasteiger partial charge in [0.2, 0.25) is 0 Å². The van der Waals surface area contributed by atoms with E-state index in [4.69, 9.17) is 5.21 Å². The fourth-order valence-electron chi connectivity index (χ4n) is 0.302. The largest absolute Gasteiger partial charge is 0.411 e. The minimum Gasteiger partial charge on any atom is -0.411 e. The van der Waals surface area contributed by atoms with Gasteiger partial charge in [-0.25, -0.2) is 5.01 Å². The topological polar surface area (TPSA) is 64.9 Å². The van der Waals surface area contributed by atoms with Gasteiger partial charge in [0.15, 0.2) is 0 Å². The maximum absolute atomic E-state index is 10.4. The van der Waals surface area contributed by atoms with E-state index in [1.807, 2.05) is 0 Å². The molecule has 0 aromatic heterocycles. The summed E-state index contributed by atoms with van der Waals surface area (Å²) >= 11 is 0. The summed E-state index contributed by atoms with van der Waals surface area (Å²) in [5, 5.41) is 11.8. The molecule has 0 unspecified atom stereocenters. The highest BCUT2D eigenvalue weighted by atomic mass is 16.4. The summed E-state index contributed by atoms with van der Waals surface area (Å²) in [6.07, 6.45) is 0.778. The van der Waals surface area contributed by atoms with Crippen LogP contribution in [0.1, 0.15) is 0 Å². The summed E-state index contributed by atoms with van der Waals surface area (Å²) in [7, 11) is 3.31. The fourth-order valence-corrected chi connectivity index (χ4v) is 0.302. The summed E-state index contributed by atoms with van der Waals surface area (Å²) < 4.78 is 0.